The van der Waals surface area contributed by atoms with Crippen LogP contribution in [-0.2, 0) is 32.6 Å². The minimum absolute atomic E-state index is 0.0513. The number of phosphoric ester groups is 1. The maximum absolute atomic E-state index is 11.3. The molecule has 1 heterocycles. The molecule has 0 radical (unpaired) electrons. The first-order valence-electron chi connectivity index (χ1n) is 4.73. The van der Waals surface area contributed by atoms with Crippen molar-refractivity contribution in [2.45, 2.75) is 0 Å². The molecule has 0 aromatic carbocycles. The van der Waals surface area contributed by atoms with E-state index >= 15 is 0 Å². The van der Waals surface area contributed by atoms with E-state index in [-0.39, 0.29) is 23.9 Å². The summed E-state index contributed by atoms with van der Waals surface area (Å²) < 4.78 is 34.3. The third-order valence-electron chi connectivity index (χ3n) is 1.96. The van der Waals surface area contributed by atoms with Gasteiger partial charge in [-0.05, 0) is 6.08 Å². The van der Waals surface area contributed by atoms with E-state index in [2.05, 4.69) is 9.05 Å². The lowest BCUT2D eigenvalue weighted by Crippen LogP contribution is -2.00. The lowest BCUT2D eigenvalue weighted by Gasteiger charge is -2.07. The number of phosphoric acid groups is 1. The van der Waals surface area contributed by atoms with E-state index < -0.39 is 13.8 Å². The second kappa shape index (κ2) is 6.01. The SMILES string of the molecule is COC1=C(OC)/C(=C\COP(=O)(O)OC)OC1=O. The van der Waals surface area contributed by atoms with Crippen LogP contribution >= 0.6 is 7.82 Å². The molecule has 0 bridgehead atoms. The summed E-state index contributed by atoms with van der Waals surface area (Å²) in [4.78, 5) is 20.3. The highest BCUT2D eigenvalue weighted by Crippen LogP contribution is 2.42. The Morgan fingerprint density at radius 1 is 1.28 bits per heavy atom. The van der Waals surface area contributed by atoms with Crippen LogP contribution in [-0.4, -0.2) is 38.8 Å². The number of hydrogen-bond donors (Lipinski definition) is 1. The molecule has 1 aliphatic rings. The average Bonchev–Trinajstić information content (AvgIpc) is 2.64. The number of esters is 1. The standard InChI is InChI=1S/C9H13O8P/c1-13-7-6(17-9(10)8(7)14-2)4-5-16-18(11,12)15-3/h4H,5H2,1-3H3,(H,11,12)/b6-4+. The fourth-order valence-electron chi connectivity index (χ4n) is 1.16. The van der Waals surface area contributed by atoms with Crippen molar-refractivity contribution in [1.82, 2.24) is 0 Å². The Morgan fingerprint density at radius 2 is 1.89 bits per heavy atom. The molecule has 0 aromatic rings. The number of carbonyl (C=O) groups excluding carboxylic acids is 1. The van der Waals surface area contributed by atoms with Crippen LogP contribution in [0.1, 0.15) is 0 Å². The molecular formula is C9H13O8P. The molecule has 1 atom stereocenters. The molecule has 0 saturated heterocycles. The minimum Gasteiger partial charge on any atom is -0.490 e. The average molecular weight is 280 g/mol. The molecule has 0 aromatic heterocycles. The van der Waals surface area contributed by atoms with E-state index in [1.54, 1.807) is 0 Å². The van der Waals surface area contributed by atoms with Crippen molar-refractivity contribution in [2.24, 2.45) is 0 Å². The quantitative estimate of drug-likeness (QED) is 0.560. The number of carbonyl (C=O) groups is 1. The van der Waals surface area contributed by atoms with Crippen molar-refractivity contribution in [3.8, 4) is 0 Å². The maximum Gasteiger partial charge on any atom is 0.472 e. The zero-order valence-corrected chi connectivity index (χ0v) is 10.9. The normalized spacial score (nSPS) is 20.9. The van der Waals surface area contributed by atoms with Crippen molar-refractivity contribution in [3.05, 3.63) is 23.4 Å². The van der Waals surface area contributed by atoms with Gasteiger partial charge in [-0.1, -0.05) is 0 Å². The Balaban J connectivity index is 2.76. The minimum atomic E-state index is -4.07. The Kier molecular flexibility index (Phi) is 4.92. The molecule has 0 fully saturated rings. The van der Waals surface area contributed by atoms with Gasteiger partial charge in [0.05, 0.1) is 20.8 Å². The van der Waals surface area contributed by atoms with Crippen LogP contribution in [0, 0.1) is 0 Å². The Bertz CT molecular complexity index is 438. The number of ether oxygens (including phenoxy) is 3. The van der Waals surface area contributed by atoms with Gasteiger partial charge in [-0.3, -0.25) is 9.05 Å². The molecule has 0 amide bonds. The second-order valence-corrected chi connectivity index (χ2v) is 4.53. The zero-order chi connectivity index (χ0) is 13.8. The van der Waals surface area contributed by atoms with Crippen LogP contribution in [0.15, 0.2) is 23.4 Å². The summed E-state index contributed by atoms with van der Waals surface area (Å²) in [5.74, 6) is -0.645. The number of rotatable bonds is 6. The Hall–Kier alpha value is -1.34. The number of cyclic esters (lactones) is 1. The molecule has 0 aliphatic carbocycles. The van der Waals surface area contributed by atoms with Crippen LogP contribution in [0.2, 0.25) is 0 Å². The van der Waals surface area contributed by atoms with Crippen LogP contribution < -0.4 is 0 Å². The van der Waals surface area contributed by atoms with Crippen molar-refractivity contribution in [3.63, 3.8) is 0 Å². The van der Waals surface area contributed by atoms with Gasteiger partial charge >= 0.3 is 13.8 Å². The van der Waals surface area contributed by atoms with Gasteiger partial charge in [0.25, 0.3) is 5.76 Å². The molecule has 1 aliphatic heterocycles. The Labute approximate surface area is 103 Å². The van der Waals surface area contributed by atoms with Gasteiger partial charge in [-0.15, -0.1) is 0 Å². The molecule has 1 N–H and O–H groups in total. The monoisotopic (exact) mass is 280 g/mol. The zero-order valence-electron chi connectivity index (χ0n) is 10.0. The predicted octanol–water partition coefficient (Wildman–Crippen LogP) is 0.695. The van der Waals surface area contributed by atoms with Gasteiger partial charge < -0.3 is 19.1 Å². The van der Waals surface area contributed by atoms with Crippen molar-refractivity contribution in [2.75, 3.05) is 27.9 Å². The first-order chi connectivity index (χ1) is 8.45. The van der Waals surface area contributed by atoms with E-state index in [9.17, 15) is 9.36 Å². The van der Waals surface area contributed by atoms with Gasteiger partial charge in [0.15, 0.2) is 5.76 Å². The van der Waals surface area contributed by atoms with E-state index in [1.165, 1.54) is 20.3 Å². The smallest absolute Gasteiger partial charge is 0.472 e. The highest BCUT2D eigenvalue weighted by molar-refractivity contribution is 7.47. The molecule has 102 valence electrons. The fraction of sp³-hybridized carbons (Fsp3) is 0.444. The van der Waals surface area contributed by atoms with Crippen LogP contribution in [0.25, 0.3) is 0 Å². The topological polar surface area (TPSA) is 101 Å². The van der Waals surface area contributed by atoms with Crippen LogP contribution in [0.3, 0.4) is 0 Å². The summed E-state index contributed by atoms with van der Waals surface area (Å²) in [6.07, 6.45) is 1.25. The maximum atomic E-state index is 11.3. The van der Waals surface area contributed by atoms with Gasteiger partial charge in [0.1, 0.15) is 0 Å². The fourth-order valence-corrected chi connectivity index (χ4v) is 1.53. The summed E-state index contributed by atoms with van der Waals surface area (Å²) in [6, 6.07) is 0. The van der Waals surface area contributed by atoms with Gasteiger partial charge in [-0.2, -0.15) is 0 Å². The molecule has 1 rings (SSSR count). The summed E-state index contributed by atoms with van der Waals surface area (Å²) in [5.41, 5.74) is 0. The first kappa shape index (κ1) is 14.7. The van der Waals surface area contributed by atoms with E-state index in [4.69, 9.17) is 19.1 Å². The van der Waals surface area contributed by atoms with Gasteiger partial charge in [0, 0.05) is 7.11 Å². The summed E-state index contributed by atoms with van der Waals surface area (Å²) in [5, 5.41) is 0. The molecule has 0 saturated carbocycles. The number of methoxy groups -OCH3 is 2. The largest absolute Gasteiger partial charge is 0.490 e. The lowest BCUT2D eigenvalue weighted by molar-refractivity contribution is -0.136. The third-order valence-corrected chi connectivity index (χ3v) is 2.90. The summed E-state index contributed by atoms with van der Waals surface area (Å²) >= 11 is 0. The van der Waals surface area contributed by atoms with E-state index in [0.717, 1.165) is 7.11 Å². The highest BCUT2D eigenvalue weighted by Gasteiger charge is 2.32. The van der Waals surface area contributed by atoms with Crippen LogP contribution in [0.5, 0.6) is 0 Å². The third kappa shape index (κ3) is 3.33. The van der Waals surface area contributed by atoms with Crippen LogP contribution in [0.4, 0.5) is 0 Å². The molecule has 18 heavy (non-hydrogen) atoms. The first-order valence-corrected chi connectivity index (χ1v) is 6.22. The van der Waals surface area contributed by atoms with Crippen molar-refractivity contribution < 1.29 is 37.5 Å². The summed E-state index contributed by atoms with van der Waals surface area (Å²) in [7, 11) is -0.410. The van der Waals surface area contributed by atoms with Gasteiger partial charge in [0.2, 0.25) is 5.76 Å². The van der Waals surface area contributed by atoms with E-state index in [1.807, 2.05) is 0 Å². The van der Waals surface area contributed by atoms with E-state index in [0.29, 0.717) is 0 Å². The molecule has 1 unspecified atom stereocenters. The van der Waals surface area contributed by atoms with Crippen molar-refractivity contribution in [1.29, 1.82) is 0 Å². The van der Waals surface area contributed by atoms with Crippen molar-refractivity contribution >= 4 is 13.8 Å². The highest BCUT2D eigenvalue weighted by atomic mass is 31.2. The second-order valence-electron chi connectivity index (χ2n) is 2.97. The lowest BCUT2D eigenvalue weighted by atomic mass is 10.3. The van der Waals surface area contributed by atoms with Gasteiger partial charge in [-0.25, -0.2) is 9.36 Å². The molecule has 0 spiro atoms. The Morgan fingerprint density at radius 3 is 2.39 bits per heavy atom. The summed E-state index contributed by atoms with van der Waals surface area (Å²) in [6.45, 7) is -0.298. The molecule has 8 nitrogen and oxygen atoms in total. The predicted molar refractivity (Wildman–Crippen MR) is 58.0 cm³/mol. The molecule has 9 heteroatoms. The number of hydrogen-bond acceptors (Lipinski definition) is 7. The molecular weight excluding hydrogens is 267 g/mol.